The van der Waals surface area contributed by atoms with E-state index in [2.05, 4.69) is 0 Å². The maximum Gasteiger partial charge on any atom is 0.404 e. The molecule has 1 fully saturated rings. The van der Waals surface area contributed by atoms with Crippen LogP contribution in [0.15, 0.2) is 0 Å². The molecule has 0 spiro atoms. The highest BCUT2D eigenvalue weighted by Gasteiger charge is 2.73. The van der Waals surface area contributed by atoms with Gasteiger partial charge in [-0.3, -0.25) is 0 Å². The summed E-state index contributed by atoms with van der Waals surface area (Å²) in [5.41, 5.74) is -4.37. The van der Waals surface area contributed by atoms with Gasteiger partial charge in [-0.2, -0.15) is 26.3 Å². The van der Waals surface area contributed by atoms with Gasteiger partial charge >= 0.3 is 12.4 Å². The Labute approximate surface area is 125 Å². The van der Waals surface area contributed by atoms with Gasteiger partial charge in [0.25, 0.3) is 0 Å². The third kappa shape index (κ3) is 3.87. The van der Waals surface area contributed by atoms with Gasteiger partial charge in [0.15, 0.2) is 5.41 Å². The summed E-state index contributed by atoms with van der Waals surface area (Å²) in [5.74, 6) is -0.470. The first-order valence-corrected chi connectivity index (χ1v) is 8.24. The van der Waals surface area contributed by atoms with Crippen LogP contribution in [0.1, 0.15) is 33.6 Å². The fourth-order valence-electron chi connectivity index (χ4n) is 2.20. The number of hydrogen-bond donors (Lipinski definition) is 0. The summed E-state index contributed by atoms with van der Waals surface area (Å²) in [6, 6.07) is 0. The Balaban J connectivity index is 3.00. The van der Waals surface area contributed by atoms with Crippen molar-refractivity contribution in [3.8, 4) is 0 Å². The van der Waals surface area contributed by atoms with Gasteiger partial charge in [0, 0.05) is 13.1 Å². The Kier molecular flexibility index (Phi) is 4.92. The summed E-state index contributed by atoms with van der Waals surface area (Å²) in [6.45, 7) is 2.85. The van der Waals surface area contributed by atoms with Crippen LogP contribution in [0.3, 0.4) is 0 Å². The van der Waals surface area contributed by atoms with Crippen molar-refractivity contribution in [2.75, 3.05) is 18.8 Å². The second-order valence-corrected chi connectivity index (χ2v) is 8.88. The summed E-state index contributed by atoms with van der Waals surface area (Å²) >= 11 is 0. The lowest BCUT2D eigenvalue weighted by Crippen LogP contribution is -2.52. The van der Waals surface area contributed by atoms with Crippen molar-refractivity contribution in [3.05, 3.63) is 0 Å². The molecule has 0 bridgehead atoms. The van der Waals surface area contributed by atoms with E-state index < -0.39 is 58.5 Å². The number of sulfonamides is 1. The molecular weight excluding hydrogens is 336 g/mol. The Hall–Kier alpha value is -0.510. The van der Waals surface area contributed by atoms with Crippen molar-refractivity contribution >= 4 is 10.0 Å². The molecule has 0 radical (unpaired) electrons. The molecule has 0 amide bonds. The van der Waals surface area contributed by atoms with E-state index in [1.165, 1.54) is 0 Å². The maximum atomic E-state index is 12.9. The summed E-state index contributed by atoms with van der Waals surface area (Å²) in [4.78, 5) is 0. The summed E-state index contributed by atoms with van der Waals surface area (Å²) in [6.07, 6.45) is -12.2. The number of hydrogen-bond acceptors (Lipinski definition) is 2. The van der Waals surface area contributed by atoms with E-state index in [9.17, 15) is 34.8 Å². The molecule has 0 aliphatic carbocycles. The topological polar surface area (TPSA) is 37.4 Å². The minimum Gasteiger partial charge on any atom is -0.212 e. The van der Waals surface area contributed by atoms with Crippen LogP contribution in [0.4, 0.5) is 26.3 Å². The van der Waals surface area contributed by atoms with Crippen LogP contribution in [0.5, 0.6) is 0 Å². The molecular formula is C12H19F6NO2S. The number of halogens is 6. The molecule has 3 nitrogen and oxygen atoms in total. The predicted molar refractivity (Wildman–Crippen MR) is 68.6 cm³/mol. The minimum atomic E-state index is -5.54. The molecule has 1 aliphatic rings. The standard InChI is InChI=1S/C12H19F6NO2S/c1-9(2,3)5-7-22(20,21)19-6-4-10(8-19,11(13,14)15)12(16,17)18/h4-8H2,1-3H3. The zero-order chi connectivity index (χ0) is 17.6. The van der Waals surface area contributed by atoms with Crippen LogP contribution in [0.25, 0.3) is 0 Å². The van der Waals surface area contributed by atoms with E-state index in [4.69, 9.17) is 0 Å². The van der Waals surface area contributed by atoms with E-state index in [-0.39, 0.29) is 6.42 Å². The average molecular weight is 355 g/mol. The lowest BCUT2D eigenvalue weighted by molar-refractivity contribution is -0.334. The number of nitrogens with zero attached hydrogens (tertiary/aromatic N) is 1. The van der Waals surface area contributed by atoms with E-state index in [0.29, 0.717) is 4.31 Å². The lowest BCUT2D eigenvalue weighted by atomic mass is 9.85. The Morgan fingerprint density at radius 3 is 1.77 bits per heavy atom. The molecule has 0 saturated carbocycles. The molecule has 22 heavy (non-hydrogen) atoms. The van der Waals surface area contributed by atoms with Gasteiger partial charge in [0.1, 0.15) is 0 Å². The molecule has 1 rings (SSSR count). The summed E-state index contributed by atoms with van der Waals surface area (Å²) in [7, 11) is -4.15. The van der Waals surface area contributed by atoms with Gasteiger partial charge in [0.2, 0.25) is 10.0 Å². The molecule has 0 aromatic rings. The van der Waals surface area contributed by atoms with Crippen molar-refractivity contribution in [2.24, 2.45) is 10.8 Å². The molecule has 1 aliphatic heterocycles. The van der Waals surface area contributed by atoms with Crippen LogP contribution in [-0.4, -0.2) is 43.9 Å². The van der Waals surface area contributed by atoms with Crippen molar-refractivity contribution in [3.63, 3.8) is 0 Å². The van der Waals surface area contributed by atoms with Crippen LogP contribution >= 0.6 is 0 Å². The fourth-order valence-corrected chi connectivity index (χ4v) is 4.11. The zero-order valence-electron chi connectivity index (χ0n) is 12.5. The second-order valence-electron chi connectivity index (χ2n) is 6.79. The van der Waals surface area contributed by atoms with E-state index in [1.807, 2.05) is 0 Å². The average Bonchev–Trinajstić information content (AvgIpc) is 2.70. The predicted octanol–water partition coefficient (Wildman–Crippen LogP) is 3.57. The molecule has 0 aromatic heterocycles. The van der Waals surface area contributed by atoms with Crippen LogP contribution in [0.2, 0.25) is 0 Å². The third-order valence-electron chi connectivity index (χ3n) is 3.82. The number of alkyl halides is 6. The normalized spacial score (nSPS) is 21.3. The Morgan fingerprint density at radius 1 is 1.00 bits per heavy atom. The minimum absolute atomic E-state index is 0.150. The van der Waals surface area contributed by atoms with Gasteiger partial charge in [-0.15, -0.1) is 0 Å². The molecule has 10 heteroatoms. The van der Waals surface area contributed by atoms with Crippen LogP contribution < -0.4 is 0 Å². The first-order chi connectivity index (χ1) is 9.52. The zero-order valence-corrected chi connectivity index (χ0v) is 13.3. The molecule has 0 N–H and O–H groups in total. The van der Waals surface area contributed by atoms with Crippen molar-refractivity contribution < 1.29 is 34.8 Å². The smallest absolute Gasteiger partial charge is 0.212 e. The van der Waals surface area contributed by atoms with Gasteiger partial charge in [-0.25, -0.2) is 12.7 Å². The third-order valence-corrected chi connectivity index (χ3v) is 5.64. The van der Waals surface area contributed by atoms with Crippen molar-refractivity contribution in [1.82, 2.24) is 4.31 Å². The first-order valence-electron chi connectivity index (χ1n) is 6.63. The molecule has 1 heterocycles. The van der Waals surface area contributed by atoms with Crippen LogP contribution in [-0.2, 0) is 10.0 Å². The van der Waals surface area contributed by atoms with E-state index in [1.54, 1.807) is 20.8 Å². The van der Waals surface area contributed by atoms with Gasteiger partial charge < -0.3 is 0 Å². The quantitative estimate of drug-likeness (QED) is 0.726. The monoisotopic (exact) mass is 355 g/mol. The van der Waals surface area contributed by atoms with E-state index in [0.717, 1.165) is 0 Å². The van der Waals surface area contributed by atoms with Gasteiger partial charge in [-0.05, 0) is 18.3 Å². The molecule has 0 aromatic carbocycles. The number of rotatable bonds is 3. The largest absolute Gasteiger partial charge is 0.404 e. The van der Waals surface area contributed by atoms with Gasteiger partial charge in [-0.1, -0.05) is 20.8 Å². The molecule has 132 valence electrons. The first kappa shape index (κ1) is 19.5. The second kappa shape index (κ2) is 5.54. The fraction of sp³-hybridized carbons (Fsp3) is 1.00. The highest BCUT2D eigenvalue weighted by atomic mass is 32.2. The molecule has 0 atom stereocenters. The van der Waals surface area contributed by atoms with Gasteiger partial charge in [0.05, 0.1) is 5.75 Å². The van der Waals surface area contributed by atoms with Crippen LogP contribution in [0, 0.1) is 10.8 Å². The highest BCUT2D eigenvalue weighted by Crippen LogP contribution is 2.55. The Bertz CT molecular complexity index is 489. The lowest BCUT2D eigenvalue weighted by Gasteiger charge is -2.33. The highest BCUT2D eigenvalue weighted by molar-refractivity contribution is 7.89. The summed E-state index contributed by atoms with van der Waals surface area (Å²) < 4.78 is 102. The van der Waals surface area contributed by atoms with Crippen molar-refractivity contribution in [1.29, 1.82) is 0 Å². The maximum absolute atomic E-state index is 12.9. The molecule has 1 saturated heterocycles. The van der Waals surface area contributed by atoms with E-state index >= 15 is 0 Å². The Morgan fingerprint density at radius 2 is 1.45 bits per heavy atom. The van der Waals surface area contributed by atoms with Crippen molar-refractivity contribution in [2.45, 2.75) is 46.0 Å². The molecule has 0 unspecified atom stereocenters. The SMILES string of the molecule is CC(C)(C)CCS(=O)(=O)N1CCC(C(F)(F)F)(C(F)(F)F)C1. The summed E-state index contributed by atoms with van der Waals surface area (Å²) in [5, 5.41) is 0.